The molecule has 0 aliphatic carbocycles. The average Bonchev–Trinajstić information content (AvgIpc) is 2.47. The van der Waals surface area contributed by atoms with Crippen molar-refractivity contribution in [2.24, 2.45) is 0 Å². The van der Waals surface area contributed by atoms with Crippen molar-refractivity contribution in [1.82, 2.24) is 4.98 Å². The molecule has 0 unspecified atom stereocenters. The van der Waals surface area contributed by atoms with Crippen molar-refractivity contribution in [2.75, 3.05) is 5.32 Å². The summed E-state index contributed by atoms with van der Waals surface area (Å²) in [5, 5.41) is 3.00. The van der Waals surface area contributed by atoms with Gasteiger partial charge in [0.05, 0.1) is 5.69 Å². The molecule has 21 heavy (non-hydrogen) atoms. The fourth-order valence-electron chi connectivity index (χ4n) is 1.87. The highest BCUT2D eigenvalue weighted by atomic mass is 35.5. The summed E-state index contributed by atoms with van der Waals surface area (Å²) in [7, 11) is 0. The Labute approximate surface area is 129 Å². The van der Waals surface area contributed by atoms with Crippen LogP contribution < -0.4 is 10.1 Å². The van der Waals surface area contributed by atoms with E-state index in [0.717, 1.165) is 5.56 Å². The van der Waals surface area contributed by atoms with Gasteiger partial charge in [0.2, 0.25) is 0 Å². The maximum atomic E-state index is 12.3. The van der Waals surface area contributed by atoms with E-state index in [0.29, 0.717) is 17.9 Å². The first-order chi connectivity index (χ1) is 10.1. The molecule has 2 aromatic rings. The number of aryl methyl sites for hydroxylation is 1. The van der Waals surface area contributed by atoms with Gasteiger partial charge in [0.15, 0.2) is 11.3 Å². The molecule has 2 rings (SSSR count). The van der Waals surface area contributed by atoms with Gasteiger partial charge in [-0.25, -0.2) is 4.98 Å². The highest BCUT2D eigenvalue weighted by Crippen LogP contribution is 2.20. The Kier molecular flexibility index (Phi) is 5.17. The van der Waals surface area contributed by atoms with Gasteiger partial charge < -0.3 is 10.1 Å². The standard InChI is InChI=1S/C16H17ClN2O2/c1-3-14(21-12-7-4-6-11(2)10-12)16(20)19-13-8-5-9-18-15(13)17/h4-10,14H,3H2,1-2H3,(H,19,20)/t14-/m0/s1. The van der Waals surface area contributed by atoms with E-state index in [1.165, 1.54) is 0 Å². The molecule has 1 aromatic heterocycles. The number of carbonyl (C=O) groups is 1. The van der Waals surface area contributed by atoms with Crippen molar-refractivity contribution >= 4 is 23.2 Å². The van der Waals surface area contributed by atoms with Crippen molar-refractivity contribution in [3.8, 4) is 5.75 Å². The van der Waals surface area contributed by atoms with Crippen molar-refractivity contribution < 1.29 is 9.53 Å². The summed E-state index contributed by atoms with van der Waals surface area (Å²) < 4.78 is 5.74. The van der Waals surface area contributed by atoms with Gasteiger partial charge in [-0.1, -0.05) is 30.7 Å². The smallest absolute Gasteiger partial charge is 0.265 e. The summed E-state index contributed by atoms with van der Waals surface area (Å²) in [5.41, 5.74) is 1.56. The third-order valence-corrected chi connectivity index (χ3v) is 3.25. The highest BCUT2D eigenvalue weighted by molar-refractivity contribution is 6.32. The Morgan fingerprint density at radius 3 is 2.86 bits per heavy atom. The van der Waals surface area contributed by atoms with E-state index in [9.17, 15) is 4.79 Å². The lowest BCUT2D eigenvalue weighted by Crippen LogP contribution is -2.32. The molecule has 0 spiro atoms. The molecule has 110 valence electrons. The molecule has 1 amide bonds. The zero-order valence-corrected chi connectivity index (χ0v) is 12.7. The van der Waals surface area contributed by atoms with Crippen LogP contribution in [0.25, 0.3) is 0 Å². The number of aromatic nitrogens is 1. The predicted molar refractivity (Wildman–Crippen MR) is 83.8 cm³/mol. The first-order valence-electron chi connectivity index (χ1n) is 6.75. The van der Waals surface area contributed by atoms with E-state index in [4.69, 9.17) is 16.3 Å². The van der Waals surface area contributed by atoms with Crippen molar-refractivity contribution in [2.45, 2.75) is 26.4 Å². The molecule has 0 aliphatic heterocycles. The van der Waals surface area contributed by atoms with Crippen LogP contribution in [0.15, 0.2) is 42.6 Å². The summed E-state index contributed by atoms with van der Waals surface area (Å²) in [6.45, 7) is 3.87. The van der Waals surface area contributed by atoms with E-state index in [-0.39, 0.29) is 11.1 Å². The van der Waals surface area contributed by atoms with Gasteiger partial charge in [0, 0.05) is 6.20 Å². The predicted octanol–water partition coefficient (Wildman–Crippen LogP) is 3.84. The molecule has 1 N–H and O–H groups in total. The minimum Gasteiger partial charge on any atom is -0.481 e. The zero-order valence-electron chi connectivity index (χ0n) is 12.0. The summed E-state index contributed by atoms with van der Waals surface area (Å²) in [6.07, 6.45) is 1.54. The molecule has 0 saturated heterocycles. The Morgan fingerprint density at radius 2 is 2.19 bits per heavy atom. The van der Waals surface area contributed by atoms with Gasteiger partial charge in [-0.3, -0.25) is 4.79 Å². The Hall–Kier alpha value is -2.07. The summed E-state index contributed by atoms with van der Waals surface area (Å²) in [4.78, 5) is 16.2. The number of carbonyl (C=O) groups excluding carboxylic acids is 1. The molecule has 1 aromatic carbocycles. The minimum absolute atomic E-state index is 0.242. The molecule has 4 nitrogen and oxygen atoms in total. The van der Waals surface area contributed by atoms with Crippen LogP contribution in [0.5, 0.6) is 5.75 Å². The van der Waals surface area contributed by atoms with Crippen molar-refractivity contribution in [3.05, 3.63) is 53.3 Å². The number of pyridine rings is 1. The number of nitrogens with zero attached hydrogens (tertiary/aromatic N) is 1. The van der Waals surface area contributed by atoms with Crippen LogP contribution in [0.4, 0.5) is 5.69 Å². The number of rotatable bonds is 5. The van der Waals surface area contributed by atoms with Crippen LogP contribution in [0, 0.1) is 6.92 Å². The molecule has 1 atom stereocenters. The molecule has 0 aliphatic rings. The monoisotopic (exact) mass is 304 g/mol. The second-order valence-corrected chi connectivity index (χ2v) is 5.02. The summed E-state index contributed by atoms with van der Waals surface area (Å²) in [5.74, 6) is 0.434. The molecule has 5 heteroatoms. The molecule has 0 radical (unpaired) electrons. The number of anilines is 1. The number of benzene rings is 1. The summed E-state index contributed by atoms with van der Waals surface area (Å²) in [6, 6.07) is 11.0. The lowest BCUT2D eigenvalue weighted by atomic mass is 10.2. The van der Waals surface area contributed by atoms with Gasteiger partial charge in [-0.2, -0.15) is 0 Å². The number of hydrogen-bond acceptors (Lipinski definition) is 3. The van der Waals surface area contributed by atoms with Gasteiger partial charge in [-0.15, -0.1) is 0 Å². The van der Waals surface area contributed by atoms with E-state index in [1.807, 2.05) is 38.1 Å². The van der Waals surface area contributed by atoms with Gasteiger partial charge in [0.1, 0.15) is 5.75 Å². The van der Waals surface area contributed by atoms with Crippen molar-refractivity contribution in [3.63, 3.8) is 0 Å². The number of halogens is 1. The van der Waals surface area contributed by atoms with Crippen LogP contribution in [0.1, 0.15) is 18.9 Å². The molecule has 0 saturated carbocycles. The van der Waals surface area contributed by atoms with Crippen LogP contribution in [0.2, 0.25) is 5.15 Å². The lowest BCUT2D eigenvalue weighted by molar-refractivity contribution is -0.122. The number of hydrogen-bond donors (Lipinski definition) is 1. The largest absolute Gasteiger partial charge is 0.481 e. The maximum absolute atomic E-state index is 12.3. The number of ether oxygens (including phenoxy) is 1. The van der Waals surface area contributed by atoms with Crippen LogP contribution in [0.3, 0.4) is 0 Å². The molecule has 0 bridgehead atoms. The number of amides is 1. The fourth-order valence-corrected chi connectivity index (χ4v) is 2.03. The van der Waals surface area contributed by atoms with E-state index in [1.54, 1.807) is 18.3 Å². The SMILES string of the molecule is CC[C@H](Oc1cccc(C)c1)C(=O)Nc1cccnc1Cl. The molecule has 1 heterocycles. The van der Waals surface area contributed by atoms with E-state index < -0.39 is 6.10 Å². The second kappa shape index (κ2) is 7.09. The third kappa shape index (κ3) is 4.20. The Bertz CT molecular complexity index is 631. The van der Waals surface area contributed by atoms with Crippen molar-refractivity contribution in [1.29, 1.82) is 0 Å². The maximum Gasteiger partial charge on any atom is 0.265 e. The molecular weight excluding hydrogens is 288 g/mol. The first kappa shape index (κ1) is 15.3. The normalized spacial score (nSPS) is 11.8. The quantitative estimate of drug-likeness (QED) is 0.854. The third-order valence-electron chi connectivity index (χ3n) is 2.95. The Balaban J connectivity index is 2.07. The Morgan fingerprint density at radius 1 is 1.38 bits per heavy atom. The summed E-state index contributed by atoms with van der Waals surface area (Å²) >= 11 is 5.93. The molecule has 0 fully saturated rings. The number of nitrogens with one attached hydrogen (secondary N) is 1. The first-order valence-corrected chi connectivity index (χ1v) is 7.12. The van der Waals surface area contributed by atoms with E-state index in [2.05, 4.69) is 10.3 Å². The zero-order chi connectivity index (χ0) is 15.2. The van der Waals surface area contributed by atoms with Crippen LogP contribution in [-0.2, 0) is 4.79 Å². The lowest BCUT2D eigenvalue weighted by Gasteiger charge is -2.17. The fraction of sp³-hybridized carbons (Fsp3) is 0.250. The molecular formula is C16H17ClN2O2. The van der Waals surface area contributed by atoms with Crippen LogP contribution in [-0.4, -0.2) is 17.0 Å². The van der Waals surface area contributed by atoms with Crippen LogP contribution >= 0.6 is 11.6 Å². The highest BCUT2D eigenvalue weighted by Gasteiger charge is 2.19. The van der Waals surface area contributed by atoms with Gasteiger partial charge >= 0.3 is 0 Å². The second-order valence-electron chi connectivity index (χ2n) is 4.66. The van der Waals surface area contributed by atoms with Gasteiger partial charge in [0.25, 0.3) is 5.91 Å². The topological polar surface area (TPSA) is 51.2 Å². The van der Waals surface area contributed by atoms with E-state index >= 15 is 0 Å². The average molecular weight is 305 g/mol. The minimum atomic E-state index is -0.580. The van der Waals surface area contributed by atoms with Gasteiger partial charge in [-0.05, 0) is 43.2 Å².